The first-order chi connectivity index (χ1) is 11.6. The zero-order chi connectivity index (χ0) is 16.9. The predicted octanol–water partition coefficient (Wildman–Crippen LogP) is 3.71. The lowest BCUT2D eigenvalue weighted by Crippen LogP contribution is -2.36. The standard InChI is InChI=1S/C21H27NO2/c1-16-7-3-5-9-18(16)13-22(19-11-12-19)14-20(23)15-24-21-10-6-4-8-17(21)2/h3-10,19-20,23H,11-15H2,1-2H3. The molecule has 1 aliphatic carbocycles. The Kier molecular flexibility index (Phi) is 5.54. The molecule has 3 rings (SSSR count). The third-order valence-electron chi connectivity index (χ3n) is 4.67. The van der Waals surface area contributed by atoms with E-state index in [2.05, 4.69) is 36.1 Å². The van der Waals surface area contributed by atoms with Crippen LogP contribution in [0.1, 0.15) is 29.5 Å². The van der Waals surface area contributed by atoms with Crippen LogP contribution < -0.4 is 4.74 Å². The van der Waals surface area contributed by atoms with Gasteiger partial charge < -0.3 is 9.84 Å². The van der Waals surface area contributed by atoms with Crippen LogP contribution in [0.3, 0.4) is 0 Å². The summed E-state index contributed by atoms with van der Waals surface area (Å²) in [5.41, 5.74) is 3.76. The molecule has 0 amide bonds. The SMILES string of the molecule is Cc1ccccc1CN(CC(O)COc1ccccc1C)C1CC1. The highest BCUT2D eigenvalue weighted by Crippen LogP contribution is 2.29. The van der Waals surface area contributed by atoms with Crippen molar-refractivity contribution in [2.75, 3.05) is 13.2 Å². The minimum absolute atomic E-state index is 0.335. The third-order valence-corrected chi connectivity index (χ3v) is 4.67. The van der Waals surface area contributed by atoms with Crippen LogP contribution >= 0.6 is 0 Å². The summed E-state index contributed by atoms with van der Waals surface area (Å²) in [6, 6.07) is 17.0. The van der Waals surface area contributed by atoms with Crippen molar-refractivity contribution in [1.29, 1.82) is 0 Å². The van der Waals surface area contributed by atoms with Gasteiger partial charge in [0.25, 0.3) is 0 Å². The number of hydrogen-bond donors (Lipinski definition) is 1. The number of rotatable bonds is 8. The van der Waals surface area contributed by atoms with E-state index in [9.17, 15) is 5.11 Å². The van der Waals surface area contributed by atoms with Crippen LogP contribution in [0.5, 0.6) is 5.75 Å². The summed E-state index contributed by atoms with van der Waals surface area (Å²) in [6.07, 6.45) is 1.99. The fourth-order valence-electron chi connectivity index (χ4n) is 3.02. The first-order valence-electron chi connectivity index (χ1n) is 8.78. The predicted molar refractivity (Wildman–Crippen MR) is 97.3 cm³/mol. The second kappa shape index (κ2) is 7.82. The summed E-state index contributed by atoms with van der Waals surface area (Å²) < 4.78 is 5.80. The molecule has 0 spiro atoms. The second-order valence-corrected chi connectivity index (χ2v) is 6.82. The van der Waals surface area contributed by atoms with Crippen LogP contribution in [0, 0.1) is 13.8 Å². The Morgan fingerprint density at radius 1 is 1.04 bits per heavy atom. The Morgan fingerprint density at radius 3 is 2.38 bits per heavy atom. The molecule has 0 radical (unpaired) electrons. The number of ether oxygens (including phenoxy) is 1. The van der Waals surface area contributed by atoms with Crippen LogP contribution in [0.15, 0.2) is 48.5 Å². The molecule has 1 unspecified atom stereocenters. The number of aliphatic hydroxyl groups excluding tert-OH is 1. The molecule has 24 heavy (non-hydrogen) atoms. The number of para-hydroxylation sites is 1. The van der Waals surface area contributed by atoms with Crippen molar-refractivity contribution in [2.45, 2.75) is 45.4 Å². The van der Waals surface area contributed by atoms with Crippen molar-refractivity contribution in [2.24, 2.45) is 0 Å². The maximum absolute atomic E-state index is 10.4. The van der Waals surface area contributed by atoms with E-state index in [0.29, 0.717) is 19.2 Å². The average molecular weight is 325 g/mol. The monoisotopic (exact) mass is 325 g/mol. The van der Waals surface area contributed by atoms with Gasteiger partial charge in [0.05, 0.1) is 0 Å². The Hall–Kier alpha value is -1.84. The van der Waals surface area contributed by atoms with E-state index < -0.39 is 6.10 Å². The van der Waals surface area contributed by atoms with E-state index >= 15 is 0 Å². The molecule has 0 heterocycles. The van der Waals surface area contributed by atoms with E-state index in [1.165, 1.54) is 24.0 Å². The second-order valence-electron chi connectivity index (χ2n) is 6.82. The molecule has 1 N–H and O–H groups in total. The minimum atomic E-state index is -0.478. The van der Waals surface area contributed by atoms with Gasteiger partial charge in [-0.05, 0) is 49.4 Å². The number of benzene rings is 2. The van der Waals surface area contributed by atoms with Gasteiger partial charge in [-0.15, -0.1) is 0 Å². The molecule has 0 aromatic heterocycles. The molecular weight excluding hydrogens is 298 g/mol. The molecule has 1 fully saturated rings. The fourth-order valence-corrected chi connectivity index (χ4v) is 3.02. The van der Waals surface area contributed by atoms with Crippen molar-refractivity contribution in [3.63, 3.8) is 0 Å². The van der Waals surface area contributed by atoms with E-state index in [1.807, 2.05) is 31.2 Å². The number of nitrogens with zero attached hydrogens (tertiary/aromatic N) is 1. The van der Waals surface area contributed by atoms with Crippen molar-refractivity contribution in [3.05, 3.63) is 65.2 Å². The van der Waals surface area contributed by atoms with Gasteiger partial charge in [0.2, 0.25) is 0 Å². The van der Waals surface area contributed by atoms with E-state index in [-0.39, 0.29) is 0 Å². The van der Waals surface area contributed by atoms with Gasteiger partial charge >= 0.3 is 0 Å². The number of aliphatic hydroxyl groups is 1. The Morgan fingerprint density at radius 2 is 1.71 bits per heavy atom. The molecule has 3 nitrogen and oxygen atoms in total. The lowest BCUT2D eigenvalue weighted by atomic mass is 10.1. The smallest absolute Gasteiger partial charge is 0.122 e. The van der Waals surface area contributed by atoms with E-state index in [4.69, 9.17) is 4.74 Å². The maximum atomic E-state index is 10.4. The highest BCUT2D eigenvalue weighted by molar-refractivity contribution is 5.31. The molecule has 1 saturated carbocycles. The first-order valence-corrected chi connectivity index (χ1v) is 8.78. The molecule has 1 aliphatic rings. The van der Waals surface area contributed by atoms with Gasteiger partial charge in [0.15, 0.2) is 0 Å². The van der Waals surface area contributed by atoms with Crippen molar-refractivity contribution < 1.29 is 9.84 Å². The molecule has 0 aliphatic heterocycles. The first kappa shape index (κ1) is 17.0. The summed E-state index contributed by atoms with van der Waals surface area (Å²) in [6.45, 7) is 6.07. The molecule has 0 saturated heterocycles. The lowest BCUT2D eigenvalue weighted by molar-refractivity contribution is 0.0623. The summed E-state index contributed by atoms with van der Waals surface area (Å²) in [4.78, 5) is 2.40. The molecule has 3 heteroatoms. The maximum Gasteiger partial charge on any atom is 0.122 e. The summed E-state index contributed by atoms with van der Waals surface area (Å²) in [5, 5.41) is 10.4. The van der Waals surface area contributed by atoms with Crippen LogP contribution in [0.4, 0.5) is 0 Å². The highest BCUT2D eigenvalue weighted by Gasteiger charge is 2.30. The van der Waals surface area contributed by atoms with Crippen LogP contribution in [-0.4, -0.2) is 35.3 Å². The van der Waals surface area contributed by atoms with Gasteiger partial charge in [0, 0.05) is 19.1 Å². The van der Waals surface area contributed by atoms with Gasteiger partial charge in [-0.3, -0.25) is 4.90 Å². The fraction of sp³-hybridized carbons (Fsp3) is 0.429. The topological polar surface area (TPSA) is 32.7 Å². The van der Waals surface area contributed by atoms with Crippen molar-refractivity contribution in [1.82, 2.24) is 4.90 Å². The lowest BCUT2D eigenvalue weighted by Gasteiger charge is -2.26. The largest absolute Gasteiger partial charge is 0.491 e. The van der Waals surface area contributed by atoms with Crippen LogP contribution in [0.25, 0.3) is 0 Å². The summed E-state index contributed by atoms with van der Waals surface area (Å²) in [7, 11) is 0. The Labute approximate surface area is 144 Å². The third kappa shape index (κ3) is 4.59. The normalized spacial score (nSPS) is 15.5. The average Bonchev–Trinajstić information content (AvgIpc) is 3.40. The molecule has 128 valence electrons. The van der Waals surface area contributed by atoms with Gasteiger partial charge in [0.1, 0.15) is 18.5 Å². The van der Waals surface area contributed by atoms with Gasteiger partial charge in [-0.25, -0.2) is 0 Å². The van der Waals surface area contributed by atoms with Crippen molar-refractivity contribution in [3.8, 4) is 5.75 Å². The highest BCUT2D eigenvalue weighted by atomic mass is 16.5. The van der Waals surface area contributed by atoms with Gasteiger partial charge in [-0.1, -0.05) is 42.5 Å². The number of hydrogen-bond acceptors (Lipinski definition) is 3. The molecular formula is C21H27NO2. The molecule has 2 aromatic carbocycles. The Bertz CT molecular complexity index is 666. The minimum Gasteiger partial charge on any atom is -0.491 e. The molecule has 2 aromatic rings. The number of aryl methyl sites for hydroxylation is 2. The Balaban J connectivity index is 1.55. The summed E-state index contributed by atoms with van der Waals surface area (Å²) >= 11 is 0. The van der Waals surface area contributed by atoms with Crippen LogP contribution in [0.2, 0.25) is 0 Å². The van der Waals surface area contributed by atoms with E-state index in [0.717, 1.165) is 17.9 Å². The molecule has 1 atom stereocenters. The zero-order valence-electron chi connectivity index (χ0n) is 14.6. The van der Waals surface area contributed by atoms with E-state index in [1.54, 1.807) is 0 Å². The molecule has 0 bridgehead atoms. The van der Waals surface area contributed by atoms with Crippen LogP contribution in [-0.2, 0) is 6.54 Å². The van der Waals surface area contributed by atoms with Crippen molar-refractivity contribution >= 4 is 0 Å². The quantitative estimate of drug-likeness (QED) is 0.803. The zero-order valence-corrected chi connectivity index (χ0v) is 14.6. The van der Waals surface area contributed by atoms with Gasteiger partial charge in [-0.2, -0.15) is 0 Å². The summed E-state index contributed by atoms with van der Waals surface area (Å²) in [5.74, 6) is 0.855.